The molecule has 7 nitrogen and oxygen atoms in total. The Morgan fingerprint density at radius 3 is 2.74 bits per heavy atom. The van der Waals surface area contributed by atoms with Crippen molar-refractivity contribution < 1.29 is 9.53 Å². The number of nitrogens with one attached hydrogen (secondary N) is 1. The van der Waals surface area contributed by atoms with Gasteiger partial charge in [0, 0.05) is 24.1 Å². The minimum absolute atomic E-state index is 0.0704. The van der Waals surface area contributed by atoms with Gasteiger partial charge in [-0.1, -0.05) is 37.7 Å². The predicted molar refractivity (Wildman–Crippen MR) is 111 cm³/mol. The maximum absolute atomic E-state index is 12.3. The molecule has 1 aliphatic heterocycles. The highest BCUT2D eigenvalue weighted by atomic mass is 79.9. The van der Waals surface area contributed by atoms with Crippen molar-refractivity contribution in [2.75, 3.05) is 42.3 Å². The zero-order chi connectivity index (χ0) is 19.2. The van der Waals surface area contributed by atoms with Crippen LogP contribution in [0.3, 0.4) is 0 Å². The molecule has 1 saturated heterocycles. The number of aromatic nitrogens is 3. The molecule has 2 aromatic rings. The quantitative estimate of drug-likeness (QED) is 0.648. The third kappa shape index (κ3) is 5.46. The van der Waals surface area contributed by atoms with Crippen molar-refractivity contribution in [3.05, 3.63) is 28.7 Å². The number of carbonyl (C=O) groups is 1. The van der Waals surface area contributed by atoms with Gasteiger partial charge in [-0.25, -0.2) is 0 Å². The molecular formula is C18H24BrN5O2S. The van der Waals surface area contributed by atoms with Gasteiger partial charge in [0.15, 0.2) is 5.16 Å². The van der Waals surface area contributed by atoms with Crippen LogP contribution in [0.5, 0.6) is 0 Å². The minimum Gasteiger partial charge on any atom is -0.378 e. The number of amides is 1. The van der Waals surface area contributed by atoms with Gasteiger partial charge in [0.1, 0.15) is 0 Å². The lowest BCUT2D eigenvalue weighted by atomic mass is 10.2. The van der Waals surface area contributed by atoms with Crippen LogP contribution in [-0.4, -0.2) is 52.7 Å². The molecule has 1 fully saturated rings. The highest BCUT2D eigenvalue weighted by molar-refractivity contribution is 9.10. The van der Waals surface area contributed by atoms with E-state index in [0.717, 1.165) is 40.9 Å². The summed E-state index contributed by atoms with van der Waals surface area (Å²) in [4.78, 5) is 14.5. The summed E-state index contributed by atoms with van der Waals surface area (Å²) in [6.07, 6.45) is 0. The smallest absolute Gasteiger partial charge is 0.234 e. The van der Waals surface area contributed by atoms with E-state index >= 15 is 0 Å². The molecule has 1 N–H and O–H groups in total. The zero-order valence-corrected chi connectivity index (χ0v) is 17.9. The number of thioether (sulfide) groups is 1. The summed E-state index contributed by atoms with van der Waals surface area (Å²) in [5.74, 6) is 1.52. The molecule has 0 aliphatic carbocycles. The molecule has 0 unspecified atom stereocenters. The summed E-state index contributed by atoms with van der Waals surface area (Å²) < 4.78 is 8.41. The largest absolute Gasteiger partial charge is 0.378 e. The van der Waals surface area contributed by atoms with E-state index in [4.69, 9.17) is 4.74 Å². The first-order valence-corrected chi connectivity index (χ1v) is 10.8. The molecule has 0 atom stereocenters. The highest BCUT2D eigenvalue weighted by Gasteiger charge is 2.21. The van der Waals surface area contributed by atoms with Crippen molar-refractivity contribution in [1.29, 1.82) is 0 Å². The van der Waals surface area contributed by atoms with Crippen LogP contribution in [0, 0.1) is 5.92 Å². The van der Waals surface area contributed by atoms with Gasteiger partial charge < -0.3 is 15.0 Å². The maximum Gasteiger partial charge on any atom is 0.234 e. The number of para-hydroxylation sites is 1. The molecule has 0 radical (unpaired) electrons. The maximum atomic E-state index is 12.3. The molecule has 1 amide bonds. The van der Waals surface area contributed by atoms with Crippen LogP contribution in [0.1, 0.15) is 13.8 Å². The lowest BCUT2D eigenvalue weighted by Gasteiger charge is -2.28. The first-order valence-electron chi connectivity index (χ1n) is 8.97. The van der Waals surface area contributed by atoms with Crippen molar-refractivity contribution >= 4 is 45.2 Å². The van der Waals surface area contributed by atoms with Crippen LogP contribution in [0.2, 0.25) is 0 Å². The van der Waals surface area contributed by atoms with Crippen molar-refractivity contribution in [3.8, 4) is 0 Å². The van der Waals surface area contributed by atoms with E-state index in [2.05, 4.69) is 54.8 Å². The summed E-state index contributed by atoms with van der Waals surface area (Å²) in [5, 5.41) is 12.4. The van der Waals surface area contributed by atoms with Gasteiger partial charge in [0.25, 0.3) is 0 Å². The van der Waals surface area contributed by atoms with Crippen LogP contribution in [0.25, 0.3) is 0 Å². The molecule has 2 heterocycles. The zero-order valence-electron chi connectivity index (χ0n) is 15.5. The van der Waals surface area contributed by atoms with Crippen LogP contribution in [0.4, 0.5) is 11.6 Å². The Morgan fingerprint density at radius 2 is 2.04 bits per heavy atom. The molecule has 1 aromatic carbocycles. The van der Waals surface area contributed by atoms with Crippen LogP contribution >= 0.6 is 27.7 Å². The van der Waals surface area contributed by atoms with Gasteiger partial charge in [-0.2, -0.15) is 0 Å². The number of rotatable bonds is 7. The van der Waals surface area contributed by atoms with Crippen molar-refractivity contribution in [2.45, 2.75) is 25.5 Å². The summed E-state index contributed by atoms with van der Waals surface area (Å²) in [7, 11) is 0. The van der Waals surface area contributed by atoms with Gasteiger partial charge in [0.05, 0.1) is 24.7 Å². The van der Waals surface area contributed by atoms with E-state index in [1.54, 1.807) is 0 Å². The van der Waals surface area contributed by atoms with E-state index < -0.39 is 0 Å². The summed E-state index contributed by atoms with van der Waals surface area (Å²) in [6, 6.07) is 7.57. The molecule has 27 heavy (non-hydrogen) atoms. The monoisotopic (exact) mass is 453 g/mol. The highest BCUT2D eigenvalue weighted by Crippen LogP contribution is 2.25. The number of halogens is 1. The Bertz CT molecular complexity index is 777. The van der Waals surface area contributed by atoms with Gasteiger partial charge >= 0.3 is 0 Å². The average Bonchev–Trinajstić information content (AvgIpc) is 3.04. The van der Waals surface area contributed by atoms with Gasteiger partial charge in [-0.05, 0) is 34.0 Å². The molecule has 1 aliphatic rings. The molecule has 3 rings (SSSR count). The first-order chi connectivity index (χ1) is 13.0. The van der Waals surface area contributed by atoms with Gasteiger partial charge in [0.2, 0.25) is 11.9 Å². The number of morpholine rings is 1. The Kier molecular flexibility index (Phi) is 7.14. The minimum atomic E-state index is -0.0704. The normalized spacial score (nSPS) is 14.6. The molecule has 0 spiro atoms. The number of hydrogen-bond acceptors (Lipinski definition) is 6. The van der Waals surface area contributed by atoms with Crippen molar-refractivity contribution in [3.63, 3.8) is 0 Å². The predicted octanol–water partition coefficient (Wildman–Crippen LogP) is 3.26. The second-order valence-electron chi connectivity index (χ2n) is 6.70. The number of ether oxygens (including phenoxy) is 1. The van der Waals surface area contributed by atoms with E-state index in [1.165, 1.54) is 11.8 Å². The van der Waals surface area contributed by atoms with E-state index in [1.807, 2.05) is 24.3 Å². The Labute approximate surface area is 172 Å². The molecule has 0 bridgehead atoms. The second kappa shape index (κ2) is 9.57. The topological polar surface area (TPSA) is 72.3 Å². The number of anilines is 2. The first kappa shape index (κ1) is 20.2. The summed E-state index contributed by atoms with van der Waals surface area (Å²) >= 11 is 4.85. The number of nitrogens with zero attached hydrogens (tertiary/aromatic N) is 4. The van der Waals surface area contributed by atoms with Crippen molar-refractivity contribution in [1.82, 2.24) is 14.8 Å². The van der Waals surface area contributed by atoms with Crippen molar-refractivity contribution in [2.24, 2.45) is 5.92 Å². The van der Waals surface area contributed by atoms with Crippen LogP contribution in [-0.2, 0) is 16.1 Å². The van der Waals surface area contributed by atoms with Crippen LogP contribution < -0.4 is 10.2 Å². The lowest BCUT2D eigenvalue weighted by Crippen LogP contribution is -2.38. The molecule has 9 heteroatoms. The Hall–Kier alpha value is -1.58. The standard InChI is InChI=1S/C18H24BrN5O2S/c1-13(2)11-24-17(23-7-9-26-10-8-23)21-22-18(24)27-12-16(25)20-15-6-4-3-5-14(15)19/h3-6,13H,7-12H2,1-2H3,(H,20,25). The van der Waals surface area contributed by atoms with Gasteiger partial charge in [-0.15, -0.1) is 10.2 Å². The average molecular weight is 454 g/mol. The van der Waals surface area contributed by atoms with E-state index in [9.17, 15) is 4.79 Å². The fourth-order valence-electron chi connectivity index (χ4n) is 2.79. The molecule has 0 saturated carbocycles. The third-order valence-corrected chi connectivity index (χ3v) is 5.68. The molecular weight excluding hydrogens is 430 g/mol. The fraction of sp³-hybridized carbons (Fsp3) is 0.500. The molecule has 146 valence electrons. The van der Waals surface area contributed by atoms with Crippen LogP contribution in [0.15, 0.2) is 33.9 Å². The SMILES string of the molecule is CC(C)Cn1c(SCC(=O)Nc2ccccc2Br)nnc1N1CCOCC1. The summed E-state index contributed by atoms with van der Waals surface area (Å²) in [5.41, 5.74) is 0.765. The molecule has 1 aromatic heterocycles. The van der Waals surface area contributed by atoms with E-state index in [0.29, 0.717) is 19.1 Å². The number of benzene rings is 1. The Balaban J connectivity index is 1.67. The lowest BCUT2D eigenvalue weighted by molar-refractivity contribution is -0.113. The number of hydrogen-bond donors (Lipinski definition) is 1. The summed E-state index contributed by atoms with van der Waals surface area (Å²) in [6.45, 7) is 8.16. The number of carbonyl (C=O) groups excluding carboxylic acids is 1. The van der Waals surface area contributed by atoms with Gasteiger partial charge in [-0.3, -0.25) is 9.36 Å². The second-order valence-corrected chi connectivity index (χ2v) is 8.50. The fourth-order valence-corrected chi connectivity index (χ4v) is 3.92. The van der Waals surface area contributed by atoms with E-state index in [-0.39, 0.29) is 11.7 Å². The Morgan fingerprint density at radius 1 is 1.30 bits per heavy atom. The third-order valence-electron chi connectivity index (χ3n) is 4.02.